The van der Waals surface area contributed by atoms with Crippen molar-refractivity contribution in [2.24, 2.45) is 5.73 Å². The Balaban J connectivity index is 2.96. The summed E-state index contributed by atoms with van der Waals surface area (Å²) in [5.74, 6) is 0. The zero-order chi connectivity index (χ0) is 11.4. The van der Waals surface area contributed by atoms with E-state index >= 15 is 0 Å². The topological polar surface area (TPSA) is 41.3 Å². The maximum Gasteiger partial charge on any atom is 0.0589 e. The van der Waals surface area contributed by atoms with Crippen molar-refractivity contribution in [1.82, 2.24) is 10.4 Å². The molecule has 0 bridgehead atoms. The minimum atomic E-state index is 0.194. The molecule has 1 aromatic carbocycles. The van der Waals surface area contributed by atoms with Crippen LogP contribution in [0.1, 0.15) is 22.7 Å². The van der Waals surface area contributed by atoms with Crippen LogP contribution < -0.4 is 11.2 Å². The van der Waals surface area contributed by atoms with Crippen molar-refractivity contribution in [1.29, 1.82) is 0 Å². The van der Waals surface area contributed by atoms with E-state index in [1.807, 2.05) is 19.1 Å². The summed E-state index contributed by atoms with van der Waals surface area (Å²) in [5, 5.41) is 1.94. The van der Waals surface area contributed by atoms with Crippen molar-refractivity contribution >= 4 is 0 Å². The quantitative estimate of drug-likeness (QED) is 0.733. The highest BCUT2D eigenvalue weighted by Crippen LogP contribution is 2.19. The van der Waals surface area contributed by atoms with Gasteiger partial charge >= 0.3 is 0 Å². The van der Waals surface area contributed by atoms with E-state index in [-0.39, 0.29) is 6.04 Å². The normalized spacial score (nSPS) is 13.2. The molecule has 0 aliphatic heterocycles. The van der Waals surface area contributed by atoms with Crippen LogP contribution in [-0.2, 0) is 0 Å². The maximum atomic E-state index is 5.78. The predicted octanol–water partition coefficient (Wildman–Crippen LogP) is 1.37. The molecule has 1 atom stereocenters. The van der Waals surface area contributed by atoms with Crippen LogP contribution in [-0.4, -0.2) is 25.6 Å². The SMILES string of the molecule is Cc1cccc(C(CN)NN(C)C)c1C. The third-order valence-electron chi connectivity index (χ3n) is 2.67. The van der Waals surface area contributed by atoms with Gasteiger partial charge in [-0.2, -0.15) is 0 Å². The highest BCUT2D eigenvalue weighted by Gasteiger charge is 2.12. The second kappa shape index (κ2) is 5.26. The fourth-order valence-electron chi connectivity index (χ4n) is 1.71. The lowest BCUT2D eigenvalue weighted by Gasteiger charge is -2.24. The van der Waals surface area contributed by atoms with E-state index in [0.29, 0.717) is 6.54 Å². The highest BCUT2D eigenvalue weighted by molar-refractivity contribution is 5.35. The first-order valence-electron chi connectivity index (χ1n) is 5.26. The Morgan fingerprint density at radius 3 is 2.53 bits per heavy atom. The molecule has 1 unspecified atom stereocenters. The van der Waals surface area contributed by atoms with Gasteiger partial charge in [0, 0.05) is 20.6 Å². The number of nitrogens with one attached hydrogen (secondary N) is 1. The Morgan fingerprint density at radius 1 is 1.33 bits per heavy atom. The summed E-state index contributed by atoms with van der Waals surface area (Å²) >= 11 is 0. The summed E-state index contributed by atoms with van der Waals surface area (Å²) in [5.41, 5.74) is 13.0. The summed E-state index contributed by atoms with van der Waals surface area (Å²) in [6.45, 7) is 4.87. The third-order valence-corrected chi connectivity index (χ3v) is 2.67. The van der Waals surface area contributed by atoms with Crippen LogP contribution in [0.15, 0.2) is 18.2 Å². The molecule has 0 amide bonds. The monoisotopic (exact) mass is 207 g/mol. The van der Waals surface area contributed by atoms with E-state index in [9.17, 15) is 0 Å². The number of hydrogen-bond donors (Lipinski definition) is 2. The van der Waals surface area contributed by atoms with Crippen molar-refractivity contribution in [2.45, 2.75) is 19.9 Å². The molecular formula is C12H21N3. The van der Waals surface area contributed by atoms with Crippen LogP contribution >= 0.6 is 0 Å². The summed E-state index contributed by atoms with van der Waals surface area (Å²) in [4.78, 5) is 0. The standard InChI is InChI=1S/C12H21N3/c1-9-6-5-7-11(10(9)2)12(8-13)14-15(3)4/h5-7,12,14H,8,13H2,1-4H3. The minimum Gasteiger partial charge on any atom is -0.329 e. The molecular weight excluding hydrogens is 186 g/mol. The molecule has 0 aliphatic carbocycles. The molecule has 0 heterocycles. The van der Waals surface area contributed by atoms with Crippen LogP contribution in [0.4, 0.5) is 0 Å². The van der Waals surface area contributed by atoms with Gasteiger partial charge in [-0.05, 0) is 30.5 Å². The van der Waals surface area contributed by atoms with Gasteiger partial charge in [-0.3, -0.25) is 0 Å². The van der Waals surface area contributed by atoms with Crippen LogP contribution in [0.3, 0.4) is 0 Å². The van der Waals surface area contributed by atoms with Gasteiger partial charge in [0.25, 0.3) is 0 Å². The Labute approximate surface area is 92.2 Å². The molecule has 0 aliphatic rings. The molecule has 3 heteroatoms. The fourth-order valence-corrected chi connectivity index (χ4v) is 1.71. The number of hydrogen-bond acceptors (Lipinski definition) is 3. The van der Waals surface area contributed by atoms with Gasteiger partial charge < -0.3 is 5.73 Å². The first-order chi connectivity index (χ1) is 7.06. The van der Waals surface area contributed by atoms with Gasteiger partial charge in [0.2, 0.25) is 0 Å². The number of benzene rings is 1. The average Bonchev–Trinajstić information content (AvgIpc) is 2.19. The molecule has 0 radical (unpaired) electrons. The maximum absolute atomic E-state index is 5.78. The Kier molecular flexibility index (Phi) is 4.27. The van der Waals surface area contributed by atoms with Crippen LogP contribution in [0.2, 0.25) is 0 Å². The van der Waals surface area contributed by atoms with E-state index < -0.39 is 0 Å². The smallest absolute Gasteiger partial charge is 0.0589 e. The molecule has 0 saturated heterocycles. The number of aryl methyl sites for hydroxylation is 1. The van der Waals surface area contributed by atoms with Crippen LogP contribution in [0, 0.1) is 13.8 Å². The zero-order valence-corrected chi connectivity index (χ0v) is 10.0. The van der Waals surface area contributed by atoms with Crippen molar-refractivity contribution < 1.29 is 0 Å². The fraction of sp³-hybridized carbons (Fsp3) is 0.500. The van der Waals surface area contributed by atoms with E-state index in [4.69, 9.17) is 5.73 Å². The van der Waals surface area contributed by atoms with E-state index in [2.05, 4.69) is 37.5 Å². The molecule has 3 nitrogen and oxygen atoms in total. The van der Waals surface area contributed by atoms with Gasteiger partial charge in [0.15, 0.2) is 0 Å². The molecule has 0 aromatic heterocycles. The average molecular weight is 207 g/mol. The van der Waals surface area contributed by atoms with Gasteiger partial charge in [-0.15, -0.1) is 0 Å². The zero-order valence-electron chi connectivity index (χ0n) is 10.0. The van der Waals surface area contributed by atoms with Gasteiger partial charge in [-0.1, -0.05) is 18.2 Å². The van der Waals surface area contributed by atoms with Crippen LogP contribution in [0.25, 0.3) is 0 Å². The van der Waals surface area contributed by atoms with Crippen molar-refractivity contribution in [3.05, 3.63) is 34.9 Å². The number of rotatable bonds is 4. The Morgan fingerprint density at radius 2 is 2.00 bits per heavy atom. The second-order valence-corrected chi connectivity index (χ2v) is 4.10. The van der Waals surface area contributed by atoms with Gasteiger partial charge in [-0.25, -0.2) is 10.4 Å². The lowest BCUT2D eigenvalue weighted by Crippen LogP contribution is -2.38. The highest BCUT2D eigenvalue weighted by atomic mass is 15.5. The van der Waals surface area contributed by atoms with E-state index in [1.165, 1.54) is 16.7 Å². The summed E-state index contributed by atoms with van der Waals surface area (Å²) in [6, 6.07) is 6.54. The molecule has 84 valence electrons. The molecule has 1 rings (SSSR count). The molecule has 0 saturated carbocycles. The van der Waals surface area contributed by atoms with Gasteiger partial charge in [0.1, 0.15) is 0 Å². The number of nitrogens with two attached hydrogens (primary N) is 1. The molecule has 1 aromatic rings. The molecule has 0 fully saturated rings. The molecule has 15 heavy (non-hydrogen) atoms. The van der Waals surface area contributed by atoms with Crippen molar-refractivity contribution in [3.63, 3.8) is 0 Å². The van der Waals surface area contributed by atoms with E-state index in [0.717, 1.165) is 0 Å². The van der Waals surface area contributed by atoms with Gasteiger partial charge in [0.05, 0.1) is 6.04 Å². The van der Waals surface area contributed by atoms with E-state index in [1.54, 1.807) is 0 Å². The lowest BCUT2D eigenvalue weighted by atomic mass is 9.98. The Bertz CT molecular complexity index is 321. The van der Waals surface area contributed by atoms with Crippen LogP contribution in [0.5, 0.6) is 0 Å². The first kappa shape index (κ1) is 12.2. The second-order valence-electron chi connectivity index (χ2n) is 4.10. The first-order valence-corrected chi connectivity index (χ1v) is 5.26. The van der Waals surface area contributed by atoms with Crippen molar-refractivity contribution in [2.75, 3.05) is 20.6 Å². The predicted molar refractivity (Wildman–Crippen MR) is 64.5 cm³/mol. The summed E-state index contributed by atoms with van der Waals surface area (Å²) in [6.07, 6.45) is 0. The molecule has 0 spiro atoms. The largest absolute Gasteiger partial charge is 0.329 e. The lowest BCUT2D eigenvalue weighted by molar-refractivity contribution is 0.245. The minimum absolute atomic E-state index is 0.194. The molecule has 3 N–H and O–H groups in total. The number of hydrazine groups is 1. The Hall–Kier alpha value is -0.900. The summed E-state index contributed by atoms with van der Waals surface area (Å²) < 4.78 is 0. The number of nitrogens with zero attached hydrogens (tertiary/aromatic N) is 1. The third kappa shape index (κ3) is 3.02. The van der Waals surface area contributed by atoms with Crippen molar-refractivity contribution in [3.8, 4) is 0 Å². The summed E-state index contributed by atoms with van der Waals surface area (Å²) in [7, 11) is 3.96.